The lowest BCUT2D eigenvalue weighted by Crippen LogP contribution is -2.09. The minimum atomic E-state index is -0.278. The Morgan fingerprint density at radius 3 is 2.07 bits per heavy atom. The van der Waals surface area contributed by atoms with Crippen LogP contribution in [-0.2, 0) is 22.7 Å². The number of carbonyl (C=O) groups is 1. The van der Waals surface area contributed by atoms with Crippen LogP contribution in [0.1, 0.15) is 11.1 Å². The molecule has 0 unspecified atom stereocenters. The number of ether oxygens (including phenoxy) is 1. The average molecular weight is 416 g/mol. The second kappa shape index (κ2) is 9.89. The van der Waals surface area contributed by atoms with Crippen LogP contribution in [-0.4, -0.2) is 26.5 Å². The molecule has 0 amide bonds. The molecule has 0 bridgehead atoms. The van der Waals surface area contributed by atoms with Gasteiger partial charge < -0.3 is 4.74 Å². The molecule has 3 aromatic carbocycles. The van der Waals surface area contributed by atoms with Crippen molar-refractivity contribution in [2.24, 2.45) is 0 Å². The molecule has 0 atom stereocenters. The highest BCUT2D eigenvalue weighted by Gasteiger charge is 2.16. The van der Waals surface area contributed by atoms with Gasteiger partial charge in [-0.25, -0.2) is 0 Å². The zero-order valence-electron chi connectivity index (χ0n) is 16.3. The van der Waals surface area contributed by atoms with E-state index >= 15 is 0 Å². The van der Waals surface area contributed by atoms with Gasteiger partial charge in [0.15, 0.2) is 11.0 Å². The van der Waals surface area contributed by atoms with E-state index in [4.69, 9.17) is 4.74 Å². The van der Waals surface area contributed by atoms with Crippen LogP contribution in [0.5, 0.6) is 0 Å². The predicted octanol–water partition coefficient (Wildman–Crippen LogP) is 4.83. The van der Waals surface area contributed by atoms with E-state index in [-0.39, 0.29) is 18.3 Å². The Morgan fingerprint density at radius 1 is 0.800 bits per heavy atom. The fourth-order valence-corrected chi connectivity index (χ4v) is 3.74. The molecular formula is C24H21N3O2S. The average Bonchev–Trinajstić information content (AvgIpc) is 3.20. The third-order valence-corrected chi connectivity index (χ3v) is 5.43. The van der Waals surface area contributed by atoms with Crippen molar-refractivity contribution in [3.63, 3.8) is 0 Å². The molecule has 4 rings (SSSR count). The first-order chi connectivity index (χ1) is 14.8. The molecule has 4 aromatic rings. The Hall–Kier alpha value is -3.38. The monoisotopic (exact) mass is 415 g/mol. The maximum atomic E-state index is 12.2. The molecule has 5 nitrogen and oxygen atoms in total. The highest BCUT2D eigenvalue weighted by molar-refractivity contribution is 7.99. The number of aromatic nitrogens is 3. The summed E-state index contributed by atoms with van der Waals surface area (Å²) in [6.07, 6.45) is 0. The molecule has 0 aliphatic rings. The SMILES string of the molecule is O=C(CSc1nnc(-c2ccccc2)n1Cc1ccccc1)OCc1ccccc1. The molecule has 0 fully saturated rings. The third kappa shape index (κ3) is 5.15. The maximum Gasteiger partial charge on any atom is 0.316 e. The van der Waals surface area contributed by atoms with Crippen LogP contribution in [0.25, 0.3) is 11.4 Å². The van der Waals surface area contributed by atoms with Gasteiger partial charge in [0.05, 0.1) is 12.3 Å². The molecule has 0 aliphatic heterocycles. The molecule has 1 aromatic heterocycles. The molecule has 150 valence electrons. The van der Waals surface area contributed by atoms with Crippen molar-refractivity contribution < 1.29 is 9.53 Å². The summed E-state index contributed by atoms with van der Waals surface area (Å²) < 4.78 is 7.42. The van der Waals surface area contributed by atoms with Gasteiger partial charge in [-0.05, 0) is 11.1 Å². The van der Waals surface area contributed by atoms with Gasteiger partial charge in [-0.3, -0.25) is 9.36 Å². The highest BCUT2D eigenvalue weighted by atomic mass is 32.2. The van der Waals surface area contributed by atoms with Gasteiger partial charge in [-0.15, -0.1) is 10.2 Å². The summed E-state index contributed by atoms with van der Waals surface area (Å²) in [7, 11) is 0. The van der Waals surface area contributed by atoms with Gasteiger partial charge >= 0.3 is 5.97 Å². The number of benzene rings is 3. The zero-order chi connectivity index (χ0) is 20.6. The van der Waals surface area contributed by atoms with Crippen molar-refractivity contribution in [3.05, 3.63) is 102 Å². The van der Waals surface area contributed by atoms with Crippen molar-refractivity contribution in [2.45, 2.75) is 18.3 Å². The minimum absolute atomic E-state index is 0.175. The molecule has 0 aliphatic carbocycles. The molecule has 0 saturated heterocycles. The van der Waals surface area contributed by atoms with E-state index in [1.807, 2.05) is 83.4 Å². The topological polar surface area (TPSA) is 57.0 Å². The molecule has 0 saturated carbocycles. The predicted molar refractivity (Wildman–Crippen MR) is 118 cm³/mol. The van der Waals surface area contributed by atoms with Crippen LogP contribution >= 0.6 is 11.8 Å². The summed E-state index contributed by atoms with van der Waals surface area (Å²) in [5.74, 6) is 0.674. The van der Waals surface area contributed by atoms with Gasteiger partial charge in [0.1, 0.15) is 6.61 Å². The van der Waals surface area contributed by atoms with Crippen molar-refractivity contribution in [2.75, 3.05) is 5.75 Å². The Balaban J connectivity index is 1.48. The Bertz CT molecular complexity index is 1080. The molecule has 0 radical (unpaired) electrons. The summed E-state index contributed by atoms with van der Waals surface area (Å²) in [5.41, 5.74) is 3.09. The highest BCUT2D eigenvalue weighted by Crippen LogP contribution is 2.25. The van der Waals surface area contributed by atoms with Crippen molar-refractivity contribution in [3.8, 4) is 11.4 Å². The number of carbonyl (C=O) groups excluding carboxylic acids is 1. The Kier molecular flexibility index (Phi) is 6.57. The number of nitrogens with zero attached hydrogens (tertiary/aromatic N) is 3. The van der Waals surface area contributed by atoms with Crippen molar-refractivity contribution in [1.82, 2.24) is 14.8 Å². The fraction of sp³-hybridized carbons (Fsp3) is 0.125. The lowest BCUT2D eigenvalue weighted by molar-refractivity contribution is -0.141. The minimum Gasteiger partial charge on any atom is -0.460 e. The molecule has 30 heavy (non-hydrogen) atoms. The lowest BCUT2D eigenvalue weighted by atomic mass is 10.2. The van der Waals surface area contributed by atoms with Crippen LogP contribution in [0, 0.1) is 0 Å². The summed E-state index contributed by atoms with van der Waals surface area (Å²) >= 11 is 1.34. The van der Waals surface area contributed by atoms with E-state index < -0.39 is 0 Å². The van der Waals surface area contributed by atoms with E-state index in [1.165, 1.54) is 11.8 Å². The van der Waals surface area contributed by atoms with E-state index in [1.54, 1.807) is 0 Å². The maximum absolute atomic E-state index is 12.2. The lowest BCUT2D eigenvalue weighted by Gasteiger charge is -2.10. The Morgan fingerprint density at radius 2 is 1.40 bits per heavy atom. The van der Waals surface area contributed by atoms with Crippen LogP contribution in [0.15, 0.2) is 96.2 Å². The van der Waals surface area contributed by atoms with E-state index in [0.717, 1.165) is 22.5 Å². The largest absolute Gasteiger partial charge is 0.460 e. The second-order valence-electron chi connectivity index (χ2n) is 6.68. The first-order valence-corrected chi connectivity index (χ1v) is 10.6. The first kappa shape index (κ1) is 19.9. The number of hydrogen-bond donors (Lipinski definition) is 0. The van der Waals surface area contributed by atoms with E-state index in [2.05, 4.69) is 22.3 Å². The number of esters is 1. The second-order valence-corrected chi connectivity index (χ2v) is 7.62. The first-order valence-electron chi connectivity index (χ1n) is 9.64. The summed E-state index contributed by atoms with van der Waals surface area (Å²) in [5, 5.41) is 9.43. The van der Waals surface area contributed by atoms with Gasteiger partial charge in [-0.2, -0.15) is 0 Å². The molecule has 0 N–H and O–H groups in total. The number of rotatable bonds is 8. The zero-order valence-corrected chi connectivity index (χ0v) is 17.2. The van der Waals surface area contributed by atoms with E-state index in [9.17, 15) is 4.79 Å². The van der Waals surface area contributed by atoms with Gasteiger partial charge in [0.25, 0.3) is 0 Å². The quantitative estimate of drug-likeness (QED) is 0.305. The Labute approximate surface area is 179 Å². The van der Waals surface area contributed by atoms with Gasteiger partial charge in [0, 0.05) is 5.56 Å². The van der Waals surface area contributed by atoms with Crippen molar-refractivity contribution in [1.29, 1.82) is 0 Å². The van der Waals surface area contributed by atoms with Gasteiger partial charge in [-0.1, -0.05) is 103 Å². The van der Waals surface area contributed by atoms with E-state index in [0.29, 0.717) is 11.7 Å². The van der Waals surface area contributed by atoms with Gasteiger partial charge in [0.2, 0.25) is 0 Å². The fourth-order valence-electron chi connectivity index (χ4n) is 3.01. The third-order valence-electron chi connectivity index (χ3n) is 4.49. The van der Waals surface area contributed by atoms with Crippen molar-refractivity contribution >= 4 is 17.7 Å². The van der Waals surface area contributed by atoms with Crippen LogP contribution in [0.4, 0.5) is 0 Å². The molecule has 1 heterocycles. The summed E-state index contributed by atoms with van der Waals surface area (Å²) in [6.45, 7) is 0.895. The van der Waals surface area contributed by atoms with Crippen LogP contribution in [0.2, 0.25) is 0 Å². The number of thioether (sulfide) groups is 1. The molecule has 0 spiro atoms. The summed E-state index contributed by atoms with van der Waals surface area (Å²) in [4.78, 5) is 12.2. The van der Waals surface area contributed by atoms with Crippen LogP contribution < -0.4 is 0 Å². The summed E-state index contributed by atoms with van der Waals surface area (Å²) in [6, 6.07) is 29.7. The smallest absolute Gasteiger partial charge is 0.316 e. The molecular weight excluding hydrogens is 394 g/mol. The standard InChI is InChI=1S/C24H21N3O2S/c28-22(29-17-20-12-6-2-7-13-20)18-30-24-26-25-23(21-14-8-3-9-15-21)27(24)16-19-10-4-1-5-11-19/h1-15H,16-18H2. The normalized spacial score (nSPS) is 10.7. The van der Waals surface area contributed by atoms with Crippen LogP contribution in [0.3, 0.4) is 0 Å². The number of hydrogen-bond acceptors (Lipinski definition) is 5. The molecule has 6 heteroatoms.